The molecule has 0 radical (unpaired) electrons. The molecule has 4 aliphatic heterocycles. The van der Waals surface area contributed by atoms with Crippen LogP contribution < -0.4 is 0 Å². The molecule has 0 aliphatic carbocycles. The summed E-state index contributed by atoms with van der Waals surface area (Å²) in [4.78, 5) is 42.3. The molecular formula is C32H60Cl4O16. The van der Waals surface area contributed by atoms with Crippen molar-refractivity contribution in [1.82, 2.24) is 0 Å². The van der Waals surface area contributed by atoms with E-state index in [2.05, 4.69) is 0 Å². The molecule has 312 valence electrons. The first-order valence-electron chi connectivity index (χ1n) is 16.2. The largest absolute Gasteiger partial charge is 0.436 e. The van der Waals surface area contributed by atoms with Crippen molar-refractivity contribution >= 4 is 73.5 Å². The lowest BCUT2D eigenvalue weighted by atomic mass is 10.2. The molecule has 0 aromatic heterocycles. The predicted molar refractivity (Wildman–Crippen MR) is 194 cm³/mol. The van der Waals surface area contributed by atoms with Gasteiger partial charge in [-0.3, -0.25) is 19.2 Å². The van der Waals surface area contributed by atoms with Crippen LogP contribution >= 0.6 is 49.6 Å². The highest BCUT2D eigenvalue weighted by molar-refractivity contribution is 5.86. The number of hydrogen-bond acceptors (Lipinski definition) is 16. The first kappa shape index (κ1) is 57.4. The van der Waals surface area contributed by atoms with Crippen molar-refractivity contribution in [2.45, 2.75) is 184 Å². The Labute approximate surface area is 332 Å². The molecule has 4 fully saturated rings. The Bertz CT molecular complexity index is 806. The van der Waals surface area contributed by atoms with E-state index in [-0.39, 0.29) is 123 Å². The van der Waals surface area contributed by atoms with E-state index in [1.165, 1.54) is 27.7 Å². The molecule has 0 spiro atoms. The van der Waals surface area contributed by atoms with Crippen LogP contribution in [-0.2, 0) is 76.0 Å². The highest BCUT2D eigenvalue weighted by Crippen LogP contribution is 2.21. The zero-order chi connectivity index (χ0) is 36.6. The van der Waals surface area contributed by atoms with Gasteiger partial charge in [-0.15, -0.1) is 49.6 Å². The van der Waals surface area contributed by atoms with Crippen LogP contribution in [0.5, 0.6) is 0 Å². The summed E-state index contributed by atoms with van der Waals surface area (Å²) in [5.41, 5.74) is 0. The van der Waals surface area contributed by atoms with E-state index in [4.69, 9.17) is 56.8 Å². The van der Waals surface area contributed by atoms with Gasteiger partial charge in [-0.1, -0.05) is 0 Å². The summed E-state index contributed by atoms with van der Waals surface area (Å²) in [6.45, 7) is 20.3. The lowest BCUT2D eigenvalue weighted by Gasteiger charge is -2.31. The van der Waals surface area contributed by atoms with Gasteiger partial charge in [0, 0.05) is 53.4 Å². The van der Waals surface area contributed by atoms with Crippen LogP contribution in [-0.4, -0.2) is 98.6 Å². The van der Waals surface area contributed by atoms with Gasteiger partial charge in [-0.05, 0) is 55.4 Å². The highest BCUT2D eigenvalue weighted by Gasteiger charge is 2.29. The Morgan fingerprint density at radius 1 is 0.346 bits per heavy atom. The molecule has 4 saturated heterocycles. The molecular weight excluding hydrogens is 782 g/mol. The topological polar surface area (TPSA) is 179 Å². The lowest BCUT2D eigenvalue weighted by molar-refractivity contribution is -0.289. The molecule has 0 aromatic carbocycles. The summed E-state index contributed by atoms with van der Waals surface area (Å²) < 4.78 is 61.5. The van der Waals surface area contributed by atoms with Crippen LogP contribution in [0.15, 0.2) is 0 Å². The van der Waals surface area contributed by atoms with Crippen molar-refractivity contribution < 1.29 is 76.0 Å². The van der Waals surface area contributed by atoms with E-state index in [1.54, 1.807) is 27.7 Å². The Morgan fingerprint density at radius 2 is 0.500 bits per heavy atom. The fourth-order valence-electron chi connectivity index (χ4n) is 4.86. The van der Waals surface area contributed by atoms with Crippen molar-refractivity contribution in [3.63, 3.8) is 0 Å². The van der Waals surface area contributed by atoms with E-state index in [0.717, 1.165) is 0 Å². The molecule has 0 aromatic rings. The van der Waals surface area contributed by atoms with Gasteiger partial charge in [-0.2, -0.15) is 0 Å². The second kappa shape index (κ2) is 30.0. The number of hydrogen-bond donors (Lipinski definition) is 0. The van der Waals surface area contributed by atoms with Crippen molar-refractivity contribution in [2.24, 2.45) is 0 Å². The van der Waals surface area contributed by atoms with Gasteiger partial charge in [0.25, 0.3) is 0 Å². The lowest BCUT2D eigenvalue weighted by Crippen LogP contribution is -2.37. The smallest absolute Gasteiger partial charge is 0.304 e. The van der Waals surface area contributed by atoms with Gasteiger partial charge in [0.15, 0.2) is 25.2 Å². The fraction of sp³-hybridized carbons (Fsp3) is 0.875. The van der Waals surface area contributed by atoms with E-state index < -0.39 is 25.2 Å². The summed E-state index contributed by atoms with van der Waals surface area (Å²) in [7, 11) is 0. The van der Waals surface area contributed by atoms with Crippen LogP contribution in [0.3, 0.4) is 0 Å². The summed E-state index contributed by atoms with van der Waals surface area (Å²) >= 11 is 0. The van der Waals surface area contributed by atoms with Crippen molar-refractivity contribution in [3.8, 4) is 0 Å². The second-order valence-corrected chi connectivity index (χ2v) is 11.7. The van der Waals surface area contributed by atoms with Gasteiger partial charge < -0.3 is 56.8 Å². The molecule has 12 unspecified atom stereocenters. The summed E-state index contributed by atoms with van der Waals surface area (Å²) in [5, 5.41) is 0. The van der Waals surface area contributed by atoms with Crippen molar-refractivity contribution in [1.29, 1.82) is 0 Å². The highest BCUT2D eigenvalue weighted by atomic mass is 35.5. The van der Waals surface area contributed by atoms with E-state index in [9.17, 15) is 19.2 Å². The third kappa shape index (κ3) is 28.2. The summed E-state index contributed by atoms with van der Waals surface area (Å²) in [6, 6.07) is 0. The maximum Gasteiger partial charge on any atom is 0.304 e. The predicted octanol–water partition coefficient (Wildman–Crippen LogP) is 5.88. The Morgan fingerprint density at radius 3 is 0.615 bits per heavy atom. The number of halogens is 4. The molecule has 0 bridgehead atoms. The van der Waals surface area contributed by atoms with Gasteiger partial charge in [-0.25, -0.2) is 0 Å². The number of rotatable bonds is 4. The third-order valence-corrected chi connectivity index (χ3v) is 6.36. The number of carbonyl (C=O) groups is 4. The zero-order valence-corrected chi connectivity index (χ0v) is 35.2. The van der Waals surface area contributed by atoms with Crippen LogP contribution in [0, 0.1) is 0 Å². The monoisotopic (exact) mass is 840 g/mol. The first-order valence-corrected chi connectivity index (χ1v) is 16.2. The number of ether oxygens (including phenoxy) is 12. The molecule has 16 nitrogen and oxygen atoms in total. The van der Waals surface area contributed by atoms with Gasteiger partial charge >= 0.3 is 23.9 Å². The summed E-state index contributed by atoms with van der Waals surface area (Å²) in [6.07, 6.45) is -0.216. The minimum Gasteiger partial charge on any atom is -0.436 e. The Balaban J connectivity index is -0.000000288. The molecule has 4 aliphatic rings. The normalized spacial score (nSPS) is 33.3. The Hall–Kier alpha value is -1.28. The SMILES string of the molecule is CC(=O)OC1CC(C)OC(C)O1.CC(=O)OC1CC(C)OC(C)O1.CC(=O)OC1CC(C)OC(C)O1.CC(=O)OC1CC(C)OC(C)O1.Cl.Cl.Cl.Cl. The molecule has 4 heterocycles. The molecule has 0 N–H and O–H groups in total. The van der Waals surface area contributed by atoms with Crippen LogP contribution in [0.1, 0.15) is 109 Å². The van der Waals surface area contributed by atoms with E-state index in [1.807, 2.05) is 27.7 Å². The maximum absolute atomic E-state index is 10.6. The molecule has 4 rings (SSSR count). The average molecular weight is 843 g/mol. The minimum atomic E-state index is -0.443. The van der Waals surface area contributed by atoms with Gasteiger partial charge in [0.1, 0.15) is 0 Å². The van der Waals surface area contributed by atoms with Crippen LogP contribution in [0.25, 0.3) is 0 Å². The van der Waals surface area contributed by atoms with Crippen molar-refractivity contribution in [3.05, 3.63) is 0 Å². The van der Waals surface area contributed by atoms with Crippen LogP contribution in [0.2, 0.25) is 0 Å². The standard InChI is InChI=1S/4C8H14O4.4ClH/c4*1-5-4-8(11-6(2)9)12-7(3)10-5;;;;/h4*5,7-8H,4H2,1-3H3;4*1H. The first-order chi connectivity index (χ1) is 22.3. The minimum absolute atomic E-state index is 0. The molecule has 12 atom stereocenters. The zero-order valence-electron chi connectivity index (χ0n) is 31.9. The summed E-state index contributed by atoms with van der Waals surface area (Å²) in [5.74, 6) is -1.27. The van der Waals surface area contributed by atoms with E-state index in [0.29, 0.717) is 25.7 Å². The number of esters is 4. The average Bonchev–Trinajstić information content (AvgIpc) is 2.86. The molecule has 52 heavy (non-hydrogen) atoms. The third-order valence-electron chi connectivity index (χ3n) is 6.36. The molecule has 0 amide bonds. The maximum atomic E-state index is 10.6. The molecule has 0 saturated carbocycles. The fourth-order valence-corrected chi connectivity index (χ4v) is 4.86. The molecule has 20 heteroatoms. The van der Waals surface area contributed by atoms with Gasteiger partial charge in [0.05, 0.1) is 24.4 Å². The van der Waals surface area contributed by atoms with E-state index >= 15 is 0 Å². The Kier molecular flexibility index (Phi) is 33.1. The number of carbonyl (C=O) groups excluding carboxylic acids is 4. The second-order valence-electron chi connectivity index (χ2n) is 11.7. The van der Waals surface area contributed by atoms with Gasteiger partial charge in [0.2, 0.25) is 25.2 Å². The van der Waals surface area contributed by atoms with Crippen molar-refractivity contribution in [2.75, 3.05) is 0 Å². The van der Waals surface area contributed by atoms with Crippen LogP contribution in [0.4, 0.5) is 0 Å². The quantitative estimate of drug-likeness (QED) is 0.242.